The Morgan fingerprint density at radius 3 is 2.67 bits per heavy atom. The number of carbonyl (C=O) groups is 1. The molecular formula is C18H26N2O. The molecule has 3 nitrogen and oxygen atoms in total. The Balaban J connectivity index is 1.77. The summed E-state index contributed by atoms with van der Waals surface area (Å²) in [5.74, 6) is 0.150. The number of hydrogen-bond acceptors (Lipinski definition) is 2. The van der Waals surface area contributed by atoms with Crippen molar-refractivity contribution in [1.29, 1.82) is 0 Å². The van der Waals surface area contributed by atoms with Gasteiger partial charge >= 0.3 is 0 Å². The normalized spacial score (nSPS) is 17.5. The molecule has 1 saturated carbocycles. The van der Waals surface area contributed by atoms with E-state index in [9.17, 15) is 4.79 Å². The average Bonchev–Trinajstić information content (AvgIpc) is 3.00. The lowest BCUT2D eigenvalue weighted by Gasteiger charge is -2.24. The largest absolute Gasteiger partial charge is 0.352 e. The molecule has 1 aromatic carbocycles. The molecule has 1 atom stereocenters. The van der Waals surface area contributed by atoms with Crippen molar-refractivity contribution in [3.63, 3.8) is 0 Å². The van der Waals surface area contributed by atoms with Gasteiger partial charge in [0.05, 0.1) is 6.04 Å². The van der Waals surface area contributed by atoms with Crippen LogP contribution in [-0.4, -0.2) is 36.5 Å². The van der Waals surface area contributed by atoms with Gasteiger partial charge in [-0.15, -0.1) is 0 Å². The molecule has 1 N–H and O–H groups in total. The predicted molar refractivity (Wildman–Crippen MR) is 88.0 cm³/mol. The summed E-state index contributed by atoms with van der Waals surface area (Å²) in [4.78, 5) is 14.3. The van der Waals surface area contributed by atoms with Crippen LogP contribution in [0.25, 0.3) is 6.08 Å². The number of amides is 1. The van der Waals surface area contributed by atoms with Gasteiger partial charge in [0.1, 0.15) is 0 Å². The highest BCUT2D eigenvalue weighted by molar-refractivity contribution is 5.81. The maximum atomic E-state index is 12.2. The van der Waals surface area contributed by atoms with Crippen molar-refractivity contribution in [3.05, 3.63) is 42.0 Å². The van der Waals surface area contributed by atoms with Gasteiger partial charge in [-0.3, -0.25) is 9.69 Å². The summed E-state index contributed by atoms with van der Waals surface area (Å²) in [5, 5.41) is 3.16. The van der Waals surface area contributed by atoms with Crippen LogP contribution in [0.15, 0.2) is 36.4 Å². The third-order valence-corrected chi connectivity index (χ3v) is 4.25. The summed E-state index contributed by atoms with van der Waals surface area (Å²) in [7, 11) is 1.99. The molecule has 0 bridgehead atoms. The summed E-state index contributed by atoms with van der Waals surface area (Å²) in [6.45, 7) is 2.74. The van der Waals surface area contributed by atoms with Crippen LogP contribution in [0, 0.1) is 0 Å². The second kappa shape index (κ2) is 7.99. The Labute approximate surface area is 128 Å². The Bertz CT molecular complexity index is 463. The SMILES string of the molecule is C[C@@H](C(=O)NC1CCCC1)N(C)C/C=C/c1ccccc1. The predicted octanol–water partition coefficient (Wildman–Crippen LogP) is 3.08. The van der Waals surface area contributed by atoms with Gasteiger partial charge in [0.25, 0.3) is 0 Å². The number of nitrogens with one attached hydrogen (secondary N) is 1. The Morgan fingerprint density at radius 1 is 1.33 bits per heavy atom. The molecule has 0 unspecified atom stereocenters. The van der Waals surface area contributed by atoms with Crippen LogP contribution in [0.1, 0.15) is 38.2 Å². The average molecular weight is 286 g/mol. The topological polar surface area (TPSA) is 32.3 Å². The van der Waals surface area contributed by atoms with Crippen LogP contribution in [0.2, 0.25) is 0 Å². The summed E-state index contributed by atoms with van der Waals surface area (Å²) in [6.07, 6.45) is 8.96. The van der Waals surface area contributed by atoms with Crippen molar-refractivity contribution < 1.29 is 4.79 Å². The monoisotopic (exact) mass is 286 g/mol. The Hall–Kier alpha value is -1.61. The zero-order valence-corrected chi connectivity index (χ0v) is 13.1. The van der Waals surface area contributed by atoms with Crippen LogP contribution in [-0.2, 0) is 4.79 Å². The number of likely N-dealkylation sites (N-methyl/N-ethyl adjacent to an activating group) is 1. The summed E-state index contributed by atoms with van der Waals surface area (Å²) in [5.41, 5.74) is 1.19. The van der Waals surface area contributed by atoms with E-state index >= 15 is 0 Å². The Kier molecular flexibility index (Phi) is 6.00. The van der Waals surface area contributed by atoms with Gasteiger partial charge in [-0.05, 0) is 32.4 Å². The third kappa shape index (κ3) is 5.01. The fourth-order valence-electron chi connectivity index (χ4n) is 2.67. The highest BCUT2D eigenvalue weighted by atomic mass is 16.2. The lowest BCUT2D eigenvalue weighted by Crippen LogP contribution is -2.46. The summed E-state index contributed by atoms with van der Waals surface area (Å²) < 4.78 is 0. The number of benzene rings is 1. The first-order chi connectivity index (χ1) is 10.2. The molecule has 0 saturated heterocycles. The Morgan fingerprint density at radius 2 is 2.00 bits per heavy atom. The maximum absolute atomic E-state index is 12.2. The first kappa shape index (κ1) is 15.8. The van der Waals surface area contributed by atoms with Gasteiger partial charge in [0.2, 0.25) is 5.91 Å². The highest BCUT2D eigenvalue weighted by Gasteiger charge is 2.22. The van der Waals surface area contributed by atoms with Crippen molar-refractivity contribution in [1.82, 2.24) is 10.2 Å². The third-order valence-electron chi connectivity index (χ3n) is 4.25. The second-order valence-electron chi connectivity index (χ2n) is 5.92. The summed E-state index contributed by atoms with van der Waals surface area (Å²) >= 11 is 0. The number of carbonyl (C=O) groups excluding carboxylic acids is 1. The van der Waals surface area contributed by atoms with Gasteiger partial charge in [-0.25, -0.2) is 0 Å². The molecule has 0 heterocycles. The molecule has 1 amide bonds. The van der Waals surface area contributed by atoms with Crippen molar-refractivity contribution in [3.8, 4) is 0 Å². The molecule has 1 aliphatic carbocycles. The molecule has 1 aromatic rings. The van der Waals surface area contributed by atoms with E-state index in [4.69, 9.17) is 0 Å². The molecule has 114 valence electrons. The second-order valence-corrected chi connectivity index (χ2v) is 5.92. The van der Waals surface area contributed by atoms with Crippen LogP contribution in [0.3, 0.4) is 0 Å². The number of rotatable bonds is 6. The van der Waals surface area contributed by atoms with Gasteiger partial charge in [0.15, 0.2) is 0 Å². The molecular weight excluding hydrogens is 260 g/mol. The molecule has 2 rings (SSSR count). The number of hydrogen-bond donors (Lipinski definition) is 1. The molecule has 0 aliphatic heterocycles. The molecule has 0 spiro atoms. The van der Waals surface area contributed by atoms with Crippen molar-refractivity contribution in [2.45, 2.75) is 44.7 Å². The zero-order chi connectivity index (χ0) is 15.1. The van der Waals surface area contributed by atoms with Crippen molar-refractivity contribution in [2.24, 2.45) is 0 Å². The number of nitrogens with zero attached hydrogens (tertiary/aromatic N) is 1. The van der Waals surface area contributed by atoms with E-state index < -0.39 is 0 Å². The first-order valence-electron chi connectivity index (χ1n) is 7.89. The van der Waals surface area contributed by atoms with E-state index in [0.29, 0.717) is 6.04 Å². The zero-order valence-electron chi connectivity index (χ0n) is 13.1. The molecule has 0 aromatic heterocycles. The molecule has 1 aliphatic rings. The van der Waals surface area contributed by atoms with Crippen LogP contribution in [0.4, 0.5) is 0 Å². The van der Waals surface area contributed by atoms with Crippen molar-refractivity contribution in [2.75, 3.05) is 13.6 Å². The minimum absolute atomic E-state index is 0.0916. The van der Waals surface area contributed by atoms with E-state index in [1.54, 1.807) is 0 Å². The molecule has 21 heavy (non-hydrogen) atoms. The highest BCUT2D eigenvalue weighted by Crippen LogP contribution is 2.17. The minimum atomic E-state index is -0.0916. The molecule has 0 radical (unpaired) electrons. The lowest BCUT2D eigenvalue weighted by molar-refractivity contribution is -0.125. The molecule has 1 fully saturated rings. The minimum Gasteiger partial charge on any atom is -0.352 e. The lowest BCUT2D eigenvalue weighted by atomic mass is 10.2. The first-order valence-corrected chi connectivity index (χ1v) is 7.89. The molecule has 3 heteroatoms. The fourth-order valence-corrected chi connectivity index (χ4v) is 2.67. The van der Waals surface area contributed by atoms with Crippen LogP contribution < -0.4 is 5.32 Å². The van der Waals surface area contributed by atoms with E-state index in [1.165, 1.54) is 18.4 Å². The van der Waals surface area contributed by atoms with E-state index in [0.717, 1.165) is 19.4 Å². The van der Waals surface area contributed by atoms with Crippen LogP contribution >= 0.6 is 0 Å². The standard InChI is InChI=1S/C18H26N2O/c1-15(18(21)19-17-12-6-7-13-17)20(2)14-8-11-16-9-4-3-5-10-16/h3-5,8-11,15,17H,6-7,12-14H2,1-2H3,(H,19,21)/b11-8+/t15-/m0/s1. The van der Waals surface area contributed by atoms with E-state index in [-0.39, 0.29) is 11.9 Å². The van der Waals surface area contributed by atoms with Crippen molar-refractivity contribution >= 4 is 12.0 Å². The van der Waals surface area contributed by atoms with E-state index in [2.05, 4.69) is 34.5 Å². The van der Waals surface area contributed by atoms with Gasteiger partial charge in [-0.1, -0.05) is 55.3 Å². The smallest absolute Gasteiger partial charge is 0.237 e. The van der Waals surface area contributed by atoms with Gasteiger partial charge in [-0.2, -0.15) is 0 Å². The maximum Gasteiger partial charge on any atom is 0.237 e. The van der Waals surface area contributed by atoms with E-state index in [1.807, 2.05) is 32.2 Å². The van der Waals surface area contributed by atoms with Gasteiger partial charge in [0, 0.05) is 12.6 Å². The quantitative estimate of drug-likeness (QED) is 0.871. The fraction of sp³-hybridized carbons (Fsp3) is 0.500. The van der Waals surface area contributed by atoms with Gasteiger partial charge < -0.3 is 5.32 Å². The summed E-state index contributed by atoms with van der Waals surface area (Å²) in [6, 6.07) is 10.5. The van der Waals surface area contributed by atoms with Crippen LogP contribution in [0.5, 0.6) is 0 Å².